The molecule has 0 bridgehead atoms. The van der Waals surface area contributed by atoms with E-state index in [0.29, 0.717) is 11.4 Å². The van der Waals surface area contributed by atoms with E-state index in [2.05, 4.69) is 31.9 Å². The van der Waals surface area contributed by atoms with Gasteiger partial charge in [-0.05, 0) is 20.8 Å². The lowest BCUT2D eigenvalue weighted by Gasteiger charge is -2.18. The molecule has 0 fully saturated rings. The fourth-order valence-corrected chi connectivity index (χ4v) is 0.624. The van der Waals surface area contributed by atoms with Crippen molar-refractivity contribution in [3.63, 3.8) is 0 Å². The Morgan fingerprint density at radius 3 is 2.27 bits per heavy atom. The molecule has 0 aliphatic carbocycles. The number of rotatable bonds is 4. The lowest BCUT2D eigenvalue weighted by molar-refractivity contribution is -0.347. The maximum Gasteiger partial charge on any atom is 0.0955 e. The zero-order chi connectivity index (χ0) is 8.91. The Balaban J connectivity index is 3.28. The SMILES string of the molecule is CC(C)(C)OOCC(Br)CBr. The second-order valence-corrected chi connectivity index (χ2v) is 5.17. The van der Waals surface area contributed by atoms with Crippen LogP contribution in [0.15, 0.2) is 0 Å². The minimum absolute atomic E-state index is 0.223. The summed E-state index contributed by atoms with van der Waals surface area (Å²) >= 11 is 6.71. The smallest absolute Gasteiger partial charge is 0.0955 e. The summed E-state index contributed by atoms with van der Waals surface area (Å²) < 4.78 is 0. The van der Waals surface area contributed by atoms with Crippen molar-refractivity contribution >= 4 is 31.9 Å². The zero-order valence-corrected chi connectivity index (χ0v) is 10.2. The van der Waals surface area contributed by atoms with E-state index in [-0.39, 0.29) is 5.60 Å². The van der Waals surface area contributed by atoms with Crippen LogP contribution in [0.4, 0.5) is 0 Å². The molecule has 0 aliphatic heterocycles. The molecule has 0 rings (SSSR count). The molecule has 0 saturated carbocycles. The summed E-state index contributed by atoms with van der Waals surface area (Å²) in [4.78, 5) is 10.3. The molecule has 0 radical (unpaired) electrons. The topological polar surface area (TPSA) is 18.5 Å². The van der Waals surface area contributed by atoms with E-state index >= 15 is 0 Å². The van der Waals surface area contributed by atoms with Crippen molar-refractivity contribution in [2.75, 3.05) is 11.9 Å². The van der Waals surface area contributed by atoms with Crippen molar-refractivity contribution in [1.29, 1.82) is 0 Å². The molecule has 1 unspecified atom stereocenters. The average molecular weight is 290 g/mol. The standard InChI is InChI=1S/C7H14Br2O2/c1-7(2,3)11-10-5-6(9)4-8/h6H,4-5H2,1-3H3. The maximum absolute atomic E-state index is 5.05. The molecule has 0 amide bonds. The van der Waals surface area contributed by atoms with Crippen LogP contribution in [0.5, 0.6) is 0 Å². The first kappa shape index (κ1) is 11.9. The molecule has 0 aliphatic rings. The summed E-state index contributed by atoms with van der Waals surface area (Å²) in [6.07, 6.45) is 0. The van der Waals surface area contributed by atoms with Crippen LogP contribution in [-0.4, -0.2) is 22.4 Å². The lowest BCUT2D eigenvalue weighted by Crippen LogP contribution is -2.22. The van der Waals surface area contributed by atoms with E-state index in [1.807, 2.05) is 20.8 Å². The fraction of sp³-hybridized carbons (Fsp3) is 1.00. The third-order valence-corrected chi connectivity index (χ3v) is 2.96. The van der Waals surface area contributed by atoms with Gasteiger partial charge < -0.3 is 0 Å². The van der Waals surface area contributed by atoms with Crippen LogP contribution in [0.1, 0.15) is 20.8 Å². The number of hydrogen-bond acceptors (Lipinski definition) is 2. The number of hydrogen-bond donors (Lipinski definition) is 0. The third kappa shape index (κ3) is 8.79. The van der Waals surface area contributed by atoms with Gasteiger partial charge in [0.05, 0.1) is 17.0 Å². The van der Waals surface area contributed by atoms with E-state index in [0.717, 1.165) is 5.33 Å². The van der Waals surface area contributed by atoms with Crippen LogP contribution >= 0.6 is 31.9 Å². The van der Waals surface area contributed by atoms with Crippen molar-refractivity contribution < 1.29 is 9.78 Å². The summed E-state index contributed by atoms with van der Waals surface area (Å²) in [5.74, 6) is 0. The van der Waals surface area contributed by atoms with Gasteiger partial charge in [0.25, 0.3) is 0 Å². The Kier molecular flexibility index (Phi) is 5.95. The minimum atomic E-state index is -0.223. The molecule has 0 saturated heterocycles. The Labute approximate surface area is 84.8 Å². The van der Waals surface area contributed by atoms with Gasteiger partial charge in [-0.3, -0.25) is 0 Å². The first-order chi connectivity index (χ1) is 4.95. The van der Waals surface area contributed by atoms with Gasteiger partial charge in [-0.2, -0.15) is 0 Å². The van der Waals surface area contributed by atoms with Crippen LogP contribution in [0, 0.1) is 0 Å². The van der Waals surface area contributed by atoms with Crippen molar-refractivity contribution in [3.05, 3.63) is 0 Å². The molecule has 68 valence electrons. The average Bonchev–Trinajstić information content (AvgIpc) is 1.85. The van der Waals surface area contributed by atoms with E-state index < -0.39 is 0 Å². The highest BCUT2D eigenvalue weighted by molar-refractivity contribution is 9.12. The lowest BCUT2D eigenvalue weighted by atomic mass is 10.2. The Bertz CT molecular complexity index is 101. The zero-order valence-electron chi connectivity index (χ0n) is 7.06. The van der Waals surface area contributed by atoms with Gasteiger partial charge in [-0.25, -0.2) is 9.78 Å². The van der Waals surface area contributed by atoms with Crippen LogP contribution in [0.3, 0.4) is 0 Å². The summed E-state index contributed by atoms with van der Waals surface area (Å²) in [6, 6.07) is 0. The minimum Gasteiger partial charge on any atom is -0.235 e. The summed E-state index contributed by atoms with van der Waals surface area (Å²) in [7, 11) is 0. The summed E-state index contributed by atoms with van der Waals surface area (Å²) in [6.45, 7) is 6.40. The Morgan fingerprint density at radius 1 is 1.36 bits per heavy atom. The predicted molar refractivity (Wildman–Crippen MR) is 53.3 cm³/mol. The van der Waals surface area contributed by atoms with E-state index in [1.165, 1.54) is 0 Å². The van der Waals surface area contributed by atoms with E-state index in [9.17, 15) is 0 Å². The van der Waals surface area contributed by atoms with Crippen molar-refractivity contribution in [2.45, 2.75) is 31.2 Å². The first-order valence-electron chi connectivity index (χ1n) is 3.46. The van der Waals surface area contributed by atoms with Crippen LogP contribution in [-0.2, 0) is 9.78 Å². The molecular weight excluding hydrogens is 276 g/mol. The van der Waals surface area contributed by atoms with E-state index in [1.54, 1.807) is 0 Å². The molecule has 11 heavy (non-hydrogen) atoms. The first-order valence-corrected chi connectivity index (χ1v) is 5.50. The highest BCUT2D eigenvalue weighted by Gasteiger charge is 2.12. The summed E-state index contributed by atoms with van der Waals surface area (Å²) in [5.41, 5.74) is -0.223. The van der Waals surface area contributed by atoms with Crippen LogP contribution < -0.4 is 0 Å². The second-order valence-electron chi connectivity index (χ2n) is 3.23. The molecule has 0 aromatic heterocycles. The van der Waals surface area contributed by atoms with Crippen LogP contribution in [0.2, 0.25) is 0 Å². The molecule has 0 spiro atoms. The van der Waals surface area contributed by atoms with E-state index in [4.69, 9.17) is 9.78 Å². The van der Waals surface area contributed by atoms with Gasteiger partial charge in [-0.1, -0.05) is 31.9 Å². The van der Waals surface area contributed by atoms with Gasteiger partial charge in [-0.15, -0.1) is 0 Å². The maximum atomic E-state index is 5.05. The number of alkyl halides is 2. The normalized spacial score (nSPS) is 15.0. The molecule has 4 heteroatoms. The highest BCUT2D eigenvalue weighted by atomic mass is 79.9. The monoisotopic (exact) mass is 288 g/mol. The van der Waals surface area contributed by atoms with Crippen molar-refractivity contribution in [1.82, 2.24) is 0 Å². The fourth-order valence-electron chi connectivity index (χ4n) is 0.329. The van der Waals surface area contributed by atoms with Gasteiger partial charge in [0, 0.05) is 5.33 Å². The molecule has 1 atom stereocenters. The van der Waals surface area contributed by atoms with Crippen LogP contribution in [0.25, 0.3) is 0 Å². The molecule has 0 aromatic rings. The second kappa shape index (κ2) is 5.51. The van der Waals surface area contributed by atoms with Crippen molar-refractivity contribution in [2.24, 2.45) is 0 Å². The van der Waals surface area contributed by atoms with Gasteiger partial charge in [0.15, 0.2) is 0 Å². The molecule has 0 N–H and O–H groups in total. The van der Waals surface area contributed by atoms with Gasteiger partial charge in [0.2, 0.25) is 0 Å². The Hall–Kier alpha value is 0.880. The van der Waals surface area contributed by atoms with Gasteiger partial charge in [0.1, 0.15) is 0 Å². The Morgan fingerprint density at radius 2 is 1.91 bits per heavy atom. The molecule has 2 nitrogen and oxygen atoms in total. The quantitative estimate of drug-likeness (QED) is 0.450. The molecular formula is C7H14Br2O2. The van der Waals surface area contributed by atoms with Gasteiger partial charge >= 0.3 is 0 Å². The summed E-state index contributed by atoms with van der Waals surface area (Å²) in [5, 5.41) is 0.862. The predicted octanol–water partition coefficient (Wildman–Crippen LogP) is 2.89. The largest absolute Gasteiger partial charge is 0.235 e. The highest BCUT2D eigenvalue weighted by Crippen LogP contribution is 2.10. The van der Waals surface area contributed by atoms with Crippen molar-refractivity contribution in [3.8, 4) is 0 Å². The molecule has 0 heterocycles. The molecule has 0 aromatic carbocycles. The third-order valence-electron chi connectivity index (χ3n) is 0.725. The number of halogens is 2.